The molecule has 3 rings (SSSR count). The zero-order valence-corrected chi connectivity index (χ0v) is 12.2. The number of carbonyl (C=O) groups is 2. The van der Waals surface area contributed by atoms with Gasteiger partial charge in [0.15, 0.2) is 0 Å². The number of rotatable bonds is 3. The molecule has 0 spiro atoms. The van der Waals surface area contributed by atoms with Crippen LogP contribution in [-0.2, 0) is 9.59 Å². The van der Waals surface area contributed by atoms with Gasteiger partial charge in [0, 0.05) is 5.69 Å². The van der Waals surface area contributed by atoms with E-state index < -0.39 is 17.8 Å². The van der Waals surface area contributed by atoms with Gasteiger partial charge in [0.05, 0.1) is 11.8 Å². The van der Waals surface area contributed by atoms with Gasteiger partial charge in [-0.2, -0.15) is 0 Å². The summed E-state index contributed by atoms with van der Waals surface area (Å²) in [6.45, 7) is 3.88. The van der Waals surface area contributed by atoms with Gasteiger partial charge in [-0.3, -0.25) is 9.59 Å². The minimum Gasteiger partial charge on any atom is -0.481 e. The summed E-state index contributed by atoms with van der Waals surface area (Å²) in [7, 11) is 0. The largest absolute Gasteiger partial charge is 0.481 e. The van der Waals surface area contributed by atoms with Gasteiger partial charge in [-0.05, 0) is 43.2 Å². The van der Waals surface area contributed by atoms with Gasteiger partial charge in [0.2, 0.25) is 5.91 Å². The first-order valence-electron chi connectivity index (χ1n) is 7.27. The Hall–Kier alpha value is -2.10. The number of nitrogens with one attached hydrogen (secondary N) is 1. The number of hydrogen-bond acceptors (Lipinski definition) is 2. The van der Waals surface area contributed by atoms with Crippen LogP contribution in [0.25, 0.3) is 0 Å². The fourth-order valence-corrected chi connectivity index (χ4v) is 3.73. The third kappa shape index (κ3) is 2.24. The minimum absolute atomic E-state index is 0.00113. The van der Waals surface area contributed by atoms with Gasteiger partial charge in [0.25, 0.3) is 0 Å². The summed E-state index contributed by atoms with van der Waals surface area (Å²) in [5.74, 6) is -2.03. The molecule has 1 fully saturated rings. The lowest BCUT2D eigenvalue weighted by Gasteiger charge is -2.24. The lowest BCUT2D eigenvalue weighted by Crippen LogP contribution is -2.36. The third-order valence-electron chi connectivity index (χ3n) is 4.78. The zero-order valence-electron chi connectivity index (χ0n) is 12.2. The van der Waals surface area contributed by atoms with Gasteiger partial charge >= 0.3 is 5.97 Å². The van der Waals surface area contributed by atoms with Crippen LogP contribution in [0.4, 0.5) is 5.69 Å². The standard InChI is InChI=1S/C17H19NO3/c1-9-4-3-5-10(2)15(9)18-16(19)13-11-6-7-12(8-11)14(13)17(20)21/h3-7,11-14H,8H2,1-2H3,(H,18,19)(H,20,21)/t11-,12-,13-,14-/m0/s1. The Morgan fingerprint density at radius 1 is 1.10 bits per heavy atom. The maximum Gasteiger partial charge on any atom is 0.307 e. The molecule has 4 atom stereocenters. The van der Waals surface area contributed by atoms with Gasteiger partial charge < -0.3 is 10.4 Å². The Labute approximate surface area is 123 Å². The summed E-state index contributed by atoms with van der Waals surface area (Å²) >= 11 is 0. The summed E-state index contributed by atoms with van der Waals surface area (Å²) in [4.78, 5) is 24.1. The average molecular weight is 285 g/mol. The number of allylic oxidation sites excluding steroid dienone is 2. The van der Waals surface area contributed by atoms with Crippen molar-refractivity contribution < 1.29 is 14.7 Å². The van der Waals surface area contributed by atoms with E-state index in [1.54, 1.807) is 0 Å². The molecule has 0 heterocycles. The van der Waals surface area contributed by atoms with Crippen molar-refractivity contribution in [1.82, 2.24) is 0 Å². The van der Waals surface area contributed by atoms with E-state index in [1.165, 1.54) is 0 Å². The third-order valence-corrected chi connectivity index (χ3v) is 4.78. The number of hydrogen-bond donors (Lipinski definition) is 2. The first-order valence-corrected chi connectivity index (χ1v) is 7.27. The molecule has 4 nitrogen and oxygen atoms in total. The lowest BCUT2D eigenvalue weighted by molar-refractivity contribution is -0.146. The SMILES string of the molecule is Cc1cccc(C)c1NC(=O)[C@@H]1[C@@H](C(=O)O)[C@H]2C=C[C@H]1C2. The number of fused-ring (bicyclic) bond motifs is 2. The topological polar surface area (TPSA) is 66.4 Å². The maximum atomic E-state index is 12.6. The second-order valence-electron chi connectivity index (χ2n) is 6.09. The molecule has 2 aliphatic rings. The highest BCUT2D eigenvalue weighted by Crippen LogP contribution is 2.48. The maximum absolute atomic E-state index is 12.6. The molecule has 21 heavy (non-hydrogen) atoms. The Kier molecular flexibility index (Phi) is 3.32. The number of para-hydroxylation sites is 1. The Morgan fingerprint density at radius 2 is 1.67 bits per heavy atom. The molecular formula is C17H19NO3. The number of carbonyl (C=O) groups excluding carboxylic acids is 1. The van der Waals surface area contributed by atoms with Gasteiger partial charge in [-0.25, -0.2) is 0 Å². The number of aliphatic carboxylic acids is 1. The summed E-state index contributed by atoms with van der Waals surface area (Å²) in [6, 6.07) is 5.83. The Morgan fingerprint density at radius 3 is 2.24 bits per heavy atom. The number of carboxylic acids is 1. The number of amides is 1. The molecule has 0 aliphatic heterocycles. The second-order valence-corrected chi connectivity index (χ2v) is 6.09. The van der Waals surface area contributed by atoms with Crippen LogP contribution < -0.4 is 5.32 Å². The molecule has 2 N–H and O–H groups in total. The minimum atomic E-state index is -0.867. The van der Waals surface area contributed by atoms with E-state index in [0.29, 0.717) is 0 Å². The van der Waals surface area contributed by atoms with Crippen molar-refractivity contribution >= 4 is 17.6 Å². The van der Waals surface area contributed by atoms with Crippen LogP contribution in [0.1, 0.15) is 17.5 Å². The molecular weight excluding hydrogens is 266 g/mol. The molecule has 0 saturated heterocycles. The van der Waals surface area contributed by atoms with Crippen LogP contribution in [0.5, 0.6) is 0 Å². The number of benzene rings is 1. The summed E-state index contributed by atoms with van der Waals surface area (Å²) < 4.78 is 0. The molecule has 0 unspecified atom stereocenters. The number of anilines is 1. The second kappa shape index (κ2) is 5.02. The van der Waals surface area contributed by atoms with E-state index >= 15 is 0 Å². The molecule has 1 aromatic carbocycles. The van der Waals surface area contributed by atoms with Crippen LogP contribution in [0.3, 0.4) is 0 Å². The first-order chi connectivity index (χ1) is 9.99. The normalized spacial score (nSPS) is 29.6. The van der Waals surface area contributed by atoms with E-state index in [9.17, 15) is 14.7 Å². The van der Waals surface area contributed by atoms with Crippen molar-refractivity contribution in [1.29, 1.82) is 0 Å². The van der Waals surface area contributed by atoms with Crippen LogP contribution in [-0.4, -0.2) is 17.0 Å². The zero-order chi connectivity index (χ0) is 15.1. The highest BCUT2D eigenvalue weighted by molar-refractivity contribution is 5.97. The van der Waals surface area contributed by atoms with Crippen LogP contribution in [0, 0.1) is 37.5 Å². The fourth-order valence-electron chi connectivity index (χ4n) is 3.73. The lowest BCUT2D eigenvalue weighted by atomic mass is 9.82. The molecule has 2 aliphatic carbocycles. The van der Waals surface area contributed by atoms with Crippen LogP contribution in [0.15, 0.2) is 30.4 Å². The van der Waals surface area contributed by atoms with Crippen molar-refractivity contribution in [3.05, 3.63) is 41.5 Å². The molecule has 110 valence electrons. The van der Waals surface area contributed by atoms with Crippen molar-refractivity contribution in [3.8, 4) is 0 Å². The summed E-state index contributed by atoms with van der Waals surface area (Å²) in [5.41, 5.74) is 2.79. The molecule has 2 bridgehead atoms. The molecule has 0 aromatic heterocycles. The van der Waals surface area contributed by atoms with Gasteiger partial charge in [-0.1, -0.05) is 30.4 Å². The summed E-state index contributed by atoms with van der Waals surface area (Å²) in [6.07, 6.45) is 4.73. The molecule has 0 radical (unpaired) electrons. The van der Waals surface area contributed by atoms with Crippen molar-refractivity contribution in [3.63, 3.8) is 0 Å². The molecule has 1 saturated carbocycles. The number of carboxylic acid groups (broad SMARTS) is 1. The van der Waals surface area contributed by atoms with Crippen molar-refractivity contribution in [2.24, 2.45) is 23.7 Å². The monoisotopic (exact) mass is 285 g/mol. The predicted molar refractivity (Wildman–Crippen MR) is 79.9 cm³/mol. The van der Waals surface area contributed by atoms with Crippen LogP contribution >= 0.6 is 0 Å². The van der Waals surface area contributed by atoms with Crippen LogP contribution in [0.2, 0.25) is 0 Å². The van der Waals surface area contributed by atoms with E-state index in [-0.39, 0.29) is 17.7 Å². The highest BCUT2D eigenvalue weighted by Gasteiger charge is 2.51. The number of aryl methyl sites for hydroxylation is 2. The Bertz CT molecular complexity index is 615. The average Bonchev–Trinajstić information content (AvgIpc) is 3.03. The first kappa shape index (κ1) is 13.9. The molecule has 1 amide bonds. The quantitative estimate of drug-likeness (QED) is 0.839. The van der Waals surface area contributed by atoms with Gasteiger partial charge in [0.1, 0.15) is 0 Å². The van der Waals surface area contributed by atoms with E-state index in [4.69, 9.17) is 0 Å². The smallest absolute Gasteiger partial charge is 0.307 e. The fraction of sp³-hybridized carbons (Fsp3) is 0.412. The van der Waals surface area contributed by atoms with Crippen molar-refractivity contribution in [2.45, 2.75) is 20.3 Å². The summed E-state index contributed by atoms with van der Waals surface area (Å²) in [5, 5.41) is 12.4. The van der Waals surface area contributed by atoms with E-state index in [0.717, 1.165) is 23.2 Å². The molecule has 1 aromatic rings. The van der Waals surface area contributed by atoms with E-state index in [1.807, 2.05) is 44.2 Å². The molecule has 4 heteroatoms. The predicted octanol–water partition coefficient (Wildman–Crippen LogP) is 2.76. The highest BCUT2D eigenvalue weighted by atomic mass is 16.4. The Balaban J connectivity index is 1.85. The van der Waals surface area contributed by atoms with E-state index in [2.05, 4.69) is 5.32 Å². The van der Waals surface area contributed by atoms with Crippen molar-refractivity contribution in [2.75, 3.05) is 5.32 Å². The van der Waals surface area contributed by atoms with Gasteiger partial charge in [-0.15, -0.1) is 0 Å².